The van der Waals surface area contributed by atoms with Crippen LogP contribution in [0.2, 0.25) is 0 Å². The summed E-state index contributed by atoms with van der Waals surface area (Å²) in [5, 5.41) is 8.66. The molecule has 7 heteroatoms. The number of carbonyl (C=O) groups excluding carboxylic acids is 1. The van der Waals surface area contributed by atoms with Crippen LogP contribution in [0.5, 0.6) is 0 Å². The molecule has 1 aliphatic heterocycles. The Kier molecular flexibility index (Phi) is 5.13. The van der Waals surface area contributed by atoms with Gasteiger partial charge in [0, 0.05) is 32.7 Å². The Morgan fingerprint density at radius 3 is 2.64 bits per heavy atom. The second kappa shape index (κ2) is 7.75. The third kappa shape index (κ3) is 3.71. The average Bonchev–Trinajstić information content (AvgIpc) is 3.19. The fourth-order valence-corrected chi connectivity index (χ4v) is 5.17. The number of likely N-dealkylation sites (tertiary alicyclic amines) is 1. The highest BCUT2D eigenvalue weighted by Gasteiger charge is 2.46. The van der Waals surface area contributed by atoms with Crippen LogP contribution in [-0.4, -0.2) is 58.7 Å². The van der Waals surface area contributed by atoms with Crippen molar-refractivity contribution >= 4 is 5.91 Å². The van der Waals surface area contributed by atoms with E-state index < -0.39 is 0 Å². The van der Waals surface area contributed by atoms with Gasteiger partial charge in [0.05, 0.1) is 24.9 Å². The largest absolute Gasteiger partial charge is 0.378 e. The molecule has 28 heavy (non-hydrogen) atoms. The molecule has 5 rings (SSSR count). The first-order chi connectivity index (χ1) is 13.7. The predicted molar refractivity (Wildman–Crippen MR) is 102 cm³/mol. The summed E-state index contributed by atoms with van der Waals surface area (Å²) >= 11 is 0. The Hall–Kier alpha value is -1.47. The van der Waals surface area contributed by atoms with E-state index in [4.69, 9.17) is 9.47 Å². The van der Waals surface area contributed by atoms with Gasteiger partial charge in [0.2, 0.25) is 5.91 Å². The average molecular weight is 389 g/mol. The lowest BCUT2D eigenvalue weighted by atomic mass is 9.77. The number of nitrogens with zero attached hydrogens (tertiary/aromatic N) is 4. The van der Waals surface area contributed by atoms with Gasteiger partial charge < -0.3 is 14.4 Å². The second-order valence-electron chi connectivity index (χ2n) is 9.37. The van der Waals surface area contributed by atoms with Crippen LogP contribution in [0.1, 0.15) is 56.7 Å². The van der Waals surface area contributed by atoms with E-state index in [0.29, 0.717) is 30.3 Å². The summed E-state index contributed by atoms with van der Waals surface area (Å²) < 4.78 is 13.6. The summed E-state index contributed by atoms with van der Waals surface area (Å²) in [5.74, 6) is 2.55. The Morgan fingerprint density at radius 1 is 1.18 bits per heavy atom. The molecule has 4 atom stereocenters. The lowest BCUT2D eigenvalue weighted by molar-refractivity contribution is -0.137. The minimum atomic E-state index is 0.165. The van der Waals surface area contributed by atoms with Crippen LogP contribution in [0.25, 0.3) is 0 Å². The first-order valence-corrected chi connectivity index (χ1v) is 11.0. The van der Waals surface area contributed by atoms with Crippen LogP contribution >= 0.6 is 0 Å². The maximum atomic E-state index is 12.8. The van der Waals surface area contributed by atoms with Gasteiger partial charge in [-0.05, 0) is 56.3 Å². The predicted octanol–water partition coefficient (Wildman–Crippen LogP) is 2.43. The number of hydrogen-bond acceptors (Lipinski definition) is 5. The molecule has 2 heterocycles. The zero-order valence-corrected chi connectivity index (χ0v) is 16.8. The summed E-state index contributed by atoms with van der Waals surface area (Å²) in [6, 6.07) is 0.205. The minimum absolute atomic E-state index is 0.165. The molecule has 1 aromatic rings. The number of hydrogen-bond donors (Lipinski definition) is 0. The van der Waals surface area contributed by atoms with Crippen molar-refractivity contribution in [3.63, 3.8) is 0 Å². The first kappa shape index (κ1) is 18.6. The highest BCUT2D eigenvalue weighted by Crippen LogP contribution is 2.44. The number of fused-ring (bicyclic) bond motifs is 1. The lowest BCUT2D eigenvalue weighted by Crippen LogP contribution is -2.38. The van der Waals surface area contributed by atoms with Crippen LogP contribution in [-0.2, 0) is 20.9 Å². The number of carbonyl (C=O) groups is 1. The maximum absolute atomic E-state index is 12.8. The summed E-state index contributed by atoms with van der Waals surface area (Å²) in [6.45, 7) is 3.17. The highest BCUT2D eigenvalue weighted by atomic mass is 16.5. The summed E-state index contributed by atoms with van der Waals surface area (Å²) in [5.41, 5.74) is 0.860. The van der Waals surface area contributed by atoms with E-state index in [9.17, 15) is 4.79 Å². The Labute approximate surface area is 166 Å². The van der Waals surface area contributed by atoms with E-state index in [1.54, 1.807) is 7.11 Å². The molecule has 0 aromatic carbocycles. The number of rotatable bonds is 7. The fourth-order valence-electron chi connectivity index (χ4n) is 5.17. The molecule has 1 aromatic heterocycles. The molecule has 4 fully saturated rings. The molecule has 4 aliphatic rings. The Balaban J connectivity index is 1.29. The van der Waals surface area contributed by atoms with Crippen molar-refractivity contribution in [1.82, 2.24) is 19.9 Å². The third-order valence-corrected chi connectivity index (χ3v) is 7.28. The van der Waals surface area contributed by atoms with Crippen molar-refractivity contribution in [3.05, 3.63) is 11.9 Å². The van der Waals surface area contributed by atoms with E-state index in [2.05, 4.69) is 15.2 Å². The SMILES string of the molecule is COCc1cn([C@@H]2C[C@@H]3CN(C(=O)C4CCC4)C[C@@H]3C[C@H]2OCC2CC2)nn1. The fraction of sp³-hybridized carbons (Fsp3) is 0.857. The van der Waals surface area contributed by atoms with Crippen molar-refractivity contribution in [2.24, 2.45) is 23.7 Å². The van der Waals surface area contributed by atoms with Crippen LogP contribution < -0.4 is 0 Å². The lowest BCUT2D eigenvalue weighted by Gasteiger charge is -2.37. The summed E-state index contributed by atoms with van der Waals surface area (Å²) in [7, 11) is 1.68. The van der Waals surface area contributed by atoms with Gasteiger partial charge in [-0.15, -0.1) is 5.10 Å². The van der Waals surface area contributed by atoms with Crippen LogP contribution in [0.15, 0.2) is 6.20 Å². The molecule has 3 saturated carbocycles. The quantitative estimate of drug-likeness (QED) is 0.718. The van der Waals surface area contributed by atoms with E-state index in [0.717, 1.165) is 57.0 Å². The molecule has 1 amide bonds. The normalized spacial score (nSPS) is 33.0. The molecule has 0 radical (unpaired) electrons. The van der Waals surface area contributed by atoms with E-state index in [1.165, 1.54) is 19.3 Å². The van der Waals surface area contributed by atoms with Crippen molar-refractivity contribution in [1.29, 1.82) is 0 Å². The molecule has 7 nitrogen and oxygen atoms in total. The van der Waals surface area contributed by atoms with Gasteiger partial charge in [-0.3, -0.25) is 4.79 Å². The van der Waals surface area contributed by atoms with E-state index in [-0.39, 0.29) is 12.1 Å². The van der Waals surface area contributed by atoms with E-state index in [1.807, 2.05) is 10.9 Å². The number of ether oxygens (including phenoxy) is 2. The van der Waals surface area contributed by atoms with Crippen LogP contribution in [0.3, 0.4) is 0 Å². The number of aromatic nitrogens is 3. The molecule has 0 spiro atoms. The molecular formula is C21H32N4O3. The van der Waals surface area contributed by atoms with Gasteiger partial charge in [0.15, 0.2) is 0 Å². The maximum Gasteiger partial charge on any atom is 0.225 e. The standard InChI is InChI=1S/C21H32N4O3/c1-27-13-18-11-25(23-22-18)19-7-16-9-24(21(26)15-3-2-4-15)10-17(16)8-20(19)28-12-14-5-6-14/h11,14-17,19-20H,2-10,12-13H2,1H3/t16-,17+,19-,20-/m1/s1. The smallest absolute Gasteiger partial charge is 0.225 e. The van der Waals surface area contributed by atoms with Crippen LogP contribution in [0, 0.1) is 23.7 Å². The number of amides is 1. The Bertz CT molecular complexity index is 700. The molecule has 0 N–H and O–H groups in total. The monoisotopic (exact) mass is 388 g/mol. The summed E-state index contributed by atoms with van der Waals surface area (Å²) in [6.07, 6.45) is 10.2. The zero-order chi connectivity index (χ0) is 19.1. The Morgan fingerprint density at radius 2 is 1.96 bits per heavy atom. The molecule has 0 bridgehead atoms. The molecule has 0 unspecified atom stereocenters. The molecule has 1 saturated heterocycles. The van der Waals surface area contributed by atoms with E-state index >= 15 is 0 Å². The van der Waals surface area contributed by atoms with Gasteiger partial charge in [-0.1, -0.05) is 11.6 Å². The highest BCUT2D eigenvalue weighted by molar-refractivity contribution is 5.79. The van der Waals surface area contributed by atoms with Crippen molar-refractivity contribution in [2.45, 2.75) is 63.7 Å². The van der Waals surface area contributed by atoms with Gasteiger partial charge in [-0.2, -0.15) is 0 Å². The number of methoxy groups -OCH3 is 1. The van der Waals surface area contributed by atoms with Gasteiger partial charge in [0.25, 0.3) is 0 Å². The van der Waals surface area contributed by atoms with Gasteiger partial charge >= 0.3 is 0 Å². The molecule has 154 valence electrons. The first-order valence-electron chi connectivity index (χ1n) is 11.0. The van der Waals surface area contributed by atoms with Crippen LogP contribution in [0.4, 0.5) is 0 Å². The van der Waals surface area contributed by atoms with Crippen molar-refractivity contribution in [3.8, 4) is 0 Å². The summed E-state index contributed by atoms with van der Waals surface area (Å²) in [4.78, 5) is 14.9. The van der Waals surface area contributed by atoms with Crippen molar-refractivity contribution in [2.75, 3.05) is 26.8 Å². The van der Waals surface area contributed by atoms with Crippen molar-refractivity contribution < 1.29 is 14.3 Å². The topological polar surface area (TPSA) is 69.5 Å². The van der Waals surface area contributed by atoms with Gasteiger partial charge in [-0.25, -0.2) is 4.68 Å². The third-order valence-electron chi connectivity index (χ3n) is 7.28. The molecular weight excluding hydrogens is 356 g/mol. The second-order valence-corrected chi connectivity index (χ2v) is 9.37. The zero-order valence-electron chi connectivity index (χ0n) is 16.8. The van der Waals surface area contributed by atoms with Gasteiger partial charge in [0.1, 0.15) is 5.69 Å². The molecule has 3 aliphatic carbocycles. The minimum Gasteiger partial charge on any atom is -0.378 e.